The van der Waals surface area contributed by atoms with Crippen LogP contribution in [0.15, 0.2) is 78.9 Å². The molecule has 0 bridgehead atoms. The Bertz CT molecular complexity index is 1100. The minimum atomic E-state index is -0.347. The third-order valence-electron chi connectivity index (χ3n) is 5.64. The Labute approximate surface area is 208 Å². The Hall–Kier alpha value is -3.41. The van der Waals surface area contributed by atoms with Gasteiger partial charge in [0.2, 0.25) is 0 Å². The molecular weight excluding hydrogens is 438 g/mol. The van der Waals surface area contributed by atoms with Crippen molar-refractivity contribution in [3.63, 3.8) is 0 Å². The fourth-order valence-corrected chi connectivity index (χ4v) is 3.85. The van der Waals surface area contributed by atoms with E-state index in [0.717, 1.165) is 40.1 Å². The normalized spacial score (nSPS) is 12.7. The second kappa shape index (κ2) is 12.9. The molecule has 1 atom stereocenters. The molecule has 1 unspecified atom stereocenters. The number of hydrogen-bond acceptors (Lipinski definition) is 5. The van der Waals surface area contributed by atoms with Gasteiger partial charge in [0.05, 0.1) is 0 Å². The van der Waals surface area contributed by atoms with Crippen molar-refractivity contribution in [2.45, 2.75) is 20.3 Å². The molecule has 3 aromatic rings. The number of benzene rings is 3. The number of likely N-dealkylation sites (N-methyl/N-ethyl adjacent to an activating group) is 1. The van der Waals surface area contributed by atoms with Crippen molar-refractivity contribution >= 4 is 17.1 Å². The first-order valence-corrected chi connectivity index (χ1v) is 11.9. The minimum Gasteiger partial charge on any atom is -0.492 e. The molecule has 3 aromatic carbocycles. The molecule has 35 heavy (non-hydrogen) atoms. The summed E-state index contributed by atoms with van der Waals surface area (Å²) in [6.45, 7) is 5.01. The lowest BCUT2D eigenvalue weighted by Crippen LogP contribution is -2.19. The van der Waals surface area contributed by atoms with Gasteiger partial charge in [-0.15, -0.1) is 0 Å². The SMILES string of the molecule is CC(=O)Oc1ccc(/C(=C(\CC(C)CO)c2ccccc2)c2ccc(OCCN(C)C)cc2)cc1. The average Bonchev–Trinajstić information content (AvgIpc) is 2.85. The standard InChI is InChI=1S/C30H35NO4/c1-22(21-32)20-29(24-8-6-5-7-9-24)30(26-12-16-28(17-13-26)35-23(2)33)25-10-14-27(15-11-25)34-19-18-31(3)4/h5-17,22,32H,18-21H2,1-4H3/b30-29+. The van der Waals surface area contributed by atoms with E-state index >= 15 is 0 Å². The summed E-state index contributed by atoms with van der Waals surface area (Å²) < 4.78 is 11.1. The van der Waals surface area contributed by atoms with E-state index in [1.807, 2.05) is 75.6 Å². The summed E-state index contributed by atoms with van der Waals surface area (Å²) in [6.07, 6.45) is 0.711. The van der Waals surface area contributed by atoms with Crippen molar-refractivity contribution in [1.82, 2.24) is 4.90 Å². The Morgan fingerprint density at radius 1 is 0.857 bits per heavy atom. The number of rotatable bonds is 11. The number of allylic oxidation sites excluding steroid dienone is 1. The molecule has 5 nitrogen and oxygen atoms in total. The molecule has 0 amide bonds. The number of carbonyl (C=O) groups is 1. The van der Waals surface area contributed by atoms with Gasteiger partial charge >= 0.3 is 5.97 Å². The van der Waals surface area contributed by atoms with Crippen LogP contribution in [0.3, 0.4) is 0 Å². The molecule has 0 fully saturated rings. The predicted octanol–water partition coefficient (Wildman–Crippen LogP) is 5.53. The highest BCUT2D eigenvalue weighted by molar-refractivity contribution is 5.98. The van der Waals surface area contributed by atoms with Crippen LogP contribution in [0.5, 0.6) is 11.5 Å². The van der Waals surface area contributed by atoms with Crippen molar-refractivity contribution in [3.8, 4) is 11.5 Å². The molecular formula is C30H35NO4. The zero-order valence-electron chi connectivity index (χ0n) is 21.0. The van der Waals surface area contributed by atoms with Crippen LogP contribution >= 0.6 is 0 Å². The Kier molecular flexibility index (Phi) is 9.65. The summed E-state index contributed by atoms with van der Waals surface area (Å²) >= 11 is 0. The lowest BCUT2D eigenvalue weighted by molar-refractivity contribution is -0.131. The van der Waals surface area contributed by atoms with E-state index in [1.165, 1.54) is 6.92 Å². The third-order valence-corrected chi connectivity index (χ3v) is 5.64. The van der Waals surface area contributed by atoms with Crippen molar-refractivity contribution in [3.05, 3.63) is 95.6 Å². The van der Waals surface area contributed by atoms with Crippen LogP contribution in [-0.2, 0) is 4.79 Å². The quantitative estimate of drug-likeness (QED) is 0.225. The van der Waals surface area contributed by atoms with Gasteiger partial charge in [-0.1, -0.05) is 61.5 Å². The van der Waals surface area contributed by atoms with Crippen LogP contribution in [0, 0.1) is 5.92 Å². The van der Waals surface area contributed by atoms with E-state index < -0.39 is 0 Å². The molecule has 0 radical (unpaired) electrons. The van der Waals surface area contributed by atoms with E-state index in [2.05, 4.69) is 29.2 Å². The van der Waals surface area contributed by atoms with Crippen LogP contribution < -0.4 is 9.47 Å². The van der Waals surface area contributed by atoms with Crippen molar-refractivity contribution in [1.29, 1.82) is 0 Å². The molecule has 0 aliphatic heterocycles. The molecule has 3 rings (SSSR count). The molecule has 0 saturated heterocycles. The van der Waals surface area contributed by atoms with Crippen molar-refractivity contribution in [2.75, 3.05) is 33.9 Å². The Morgan fingerprint density at radius 3 is 1.94 bits per heavy atom. The molecule has 0 spiro atoms. The summed E-state index contributed by atoms with van der Waals surface area (Å²) in [5.41, 5.74) is 5.39. The summed E-state index contributed by atoms with van der Waals surface area (Å²) in [5, 5.41) is 9.84. The average molecular weight is 474 g/mol. The highest BCUT2D eigenvalue weighted by atomic mass is 16.5. The second-order valence-corrected chi connectivity index (χ2v) is 9.01. The van der Waals surface area contributed by atoms with Gasteiger partial charge in [-0.2, -0.15) is 0 Å². The molecule has 5 heteroatoms. The fraction of sp³-hybridized carbons (Fsp3) is 0.300. The predicted molar refractivity (Wildman–Crippen MR) is 141 cm³/mol. The van der Waals surface area contributed by atoms with Crippen molar-refractivity contribution in [2.24, 2.45) is 5.92 Å². The maximum Gasteiger partial charge on any atom is 0.308 e. The maximum atomic E-state index is 11.4. The van der Waals surface area contributed by atoms with Gasteiger partial charge in [0.1, 0.15) is 18.1 Å². The van der Waals surface area contributed by atoms with Gasteiger partial charge in [0, 0.05) is 20.1 Å². The van der Waals surface area contributed by atoms with Crippen LogP contribution in [0.1, 0.15) is 37.0 Å². The van der Waals surface area contributed by atoms with Gasteiger partial charge < -0.3 is 19.5 Å². The van der Waals surface area contributed by atoms with Crippen LogP contribution in [0.25, 0.3) is 11.1 Å². The summed E-state index contributed by atoms with van der Waals surface area (Å²) in [5.74, 6) is 1.08. The molecule has 184 valence electrons. The zero-order valence-corrected chi connectivity index (χ0v) is 21.0. The summed E-state index contributed by atoms with van der Waals surface area (Å²) in [4.78, 5) is 13.5. The first-order valence-electron chi connectivity index (χ1n) is 11.9. The molecule has 1 N–H and O–H groups in total. The molecule has 0 aliphatic rings. The third kappa shape index (κ3) is 7.81. The smallest absolute Gasteiger partial charge is 0.308 e. The molecule has 0 aromatic heterocycles. The van der Waals surface area contributed by atoms with Crippen molar-refractivity contribution < 1.29 is 19.4 Å². The lowest BCUT2D eigenvalue weighted by Gasteiger charge is -2.20. The zero-order chi connectivity index (χ0) is 25.2. The largest absolute Gasteiger partial charge is 0.492 e. The number of ether oxygens (including phenoxy) is 2. The molecule has 0 aliphatic carbocycles. The Balaban J connectivity index is 2.09. The molecule has 0 saturated carbocycles. The van der Waals surface area contributed by atoms with Gasteiger partial charge in [-0.3, -0.25) is 4.79 Å². The first kappa shape index (κ1) is 26.2. The van der Waals surface area contributed by atoms with Gasteiger partial charge in [0.15, 0.2) is 0 Å². The van der Waals surface area contributed by atoms with E-state index in [-0.39, 0.29) is 18.5 Å². The number of carbonyl (C=O) groups excluding carboxylic acids is 1. The second-order valence-electron chi connectivity index (χ2n) is 9.01. The van der Waals surface area contributed by atoms with Gasteiger partial charge in [0.25, 0.3) is 0 Å². The highest BCUT2D eigenvalue weighted by Gasteiger charge is 2.17. The van der Waals surface area contributed by atoms with Crippen LogP contribution in [0.2, 0.25) is 0 Å². The minimum absolute atomic E-state index is 0.0918. The fourth-order valence-electron chi connectivity index (χ4n) is 3.85. The van der Waals surface area contributed by atoms with Crippen LogP contribution in [-0.4, -0.2) is 49.8 Å². The topological polar surface area (TPSA) is 59.0 Å². The Morgan fingerprint density at radius 2 is 1.43 bits per heavy atom. The van der Waals surface area contributed by atoms with E-state index in [4.69, 9.17) is 9.47 Å². The van der Waals surface area contributed by atoms with Gasteiger partial charge in [-0.05, 0) is 78.5 Å². The lowest BCUT2D eigenvalue weighted by atomic mass is 9.85. The monoisotopic (exact) mass is 473 g/mol. The van der Waals surface area contributed by atoms with E-state index in [1.54, 1.807) is 0 Å². The van der Waals surface area contributed by atoms with E-state index in [9.17, 15) is 9.90 Å². The van der Waals surface area contributed by atoms with Gasteiger partial charge in [-0.25, -0.2) is 0 Å². The summed E-state index contributed by atoms with van der Waals surface area (Å²) in [6, 6.07) is 26.0. The first-order chi connectivity index (χ1) is 16.9. The maximum absolute atomic E-state index is 11.4. The van der Waals surface area contributed by atoms with E-state index in [0.29, 0.717) is 18.8 Å². The molecule has 0 heterocycles. The highest BCUT2D eigenvalue weighted by Crippen LogP contribution is 2.37. The number of nitrogens with zero attached hydrogens (tertiary/aromatic N) is 1. The summed E-state index contributed by atoms with van der Waals surface area (Å²) in [7, 11) is 4.05. The number of esters is 1. The number of aliphatic hydroxyl groups is 1. The number of aliphatic hydroxyl groups excluding tert-OH is 1. The number of hydrogen-bond donors (Lipinski definition) is 1. The van der Waals surface area contributed by atoms with Crippen LogP contribution in [0.4, 0.5) is 0 Å².